The zero-order valence-corrected chi connectivity index (χ0v) is 15.1. The minimum atomic E-state index is -0.130. The Morgan fingerprint density at radius 3 is 2.64 bits per heavy atom. The summed E-state index contributed by atoms with van der Waals surface area (Å²) < 4.78 is 0. The molecule has 1 N–H and O–H groups in total. The Labute approximate surface area is 156 Å². The van der Waals surface area contributed by atoms with Gasteiger partial charge < -0.3 is 0 Å². The zero-order valence-electron chi connectivity index (χ0n) is 13.5. The summed E-state index contributed by atoms with van der Waals surface area (Å²) in [6.45, 7) is 0. The number of hydrogen-bond acceptors (Lipinski definition) is 3. The summed E-state index contributed by atoms with van der Waals surface area (Å²) in [6.07, 6.45) is 1.55. The van der Waals surface area contributed by atoms with Crippen molar-refractivity contribution in [3.05, 3.63) is 82.9 Å². The Morgan fingerprint density at radius 1 is 1.04 bits per heavy atom. The second kappa shape index (κ2) is 8.70. The summed E-state index contributed by atoms with van der Waals surface area (Å²) in [6, 6.07) is 22.0. The third-order valence-electron chi connectivity index (χ3n) is 3.61. The van der Waals surface area contributed by atoms with Crippen LogP contribution in [0.25, 0.3) is 10.8 Å². The third-order valence-corrected chi connectivity index (χ3v) is 4.96. The predicted octanol–water partition coefficient (Wildman–Crippen LogP) is 4.88. The summed E-state index contributed by atoms with van der Waals surface area (Å²) in [5.74, 6) is 1.01. The van der Waals surface area contributed by atoms with Gasteiger partial charge in [-0.2, -0.15) is 5.10 Å². The average molecular weight is 369 g/mol. The number of rotatable bonds is 6. The highest BCUT2D eigenvalue weighted by atomic mass is 35.5. The van der Waals surface area contributed by atoms with Crippen molar-refractivity contribution in [2.75, 3.05) is 5.75 Å². The quantitative estimate of drug-likeness (QED) is 0.497. The highest BCUT2D eigenvalue weighted by molar-refractivity contribution is 7.99. The van der Waals surface area contributed by atoms with E-state index in [0.29, 0.717) is 10.8 Å². The Kier molecular flexibility index (Phi) is 6.09. The van der Waals surface area contributed by atoms with Crippen molar-refractivity contribution < 1.29 is 4.79 Å². The van der Waals surface area contributed by atoms with Gasteiger partial charge in [-0.15, -0.1) is 11.8 Å². The monoisotopic (exact) mass is 368 g/mol. The van der Waals surface area contributed by atoms with Crippen LogP contribution in [0.4, 0.5) is 0 Å². The molecule has 0 aliphatic rings. The topological polar surface area (TPSA) is 41.5 Å². The molecule has 0 spiro atoms. The standard InChI is InChI=1S/C20H17ClN2OS/c21-19-8-4-3-7-18(19)12-22-23-20(24)14-25-13-15-9-10-16-5-1-2-6-17(16)11-15/h1-12H,13-14H2,(H,23,24)/b22-12-. The van der Waals surface area contributed by atoms with E-state index in [2.05, 4.69) is 40.9 Å². The van der Waals surface area contributed by atoms with E-state index >= 15 is 0 Å². The molecule has 0 fully saturated rings. The highest BCUT2D eigenvalue weighted by Gasteiger charge is 2.02. The van der Waals surface area contributed by atoms with Gasteiger partial charge in [-0.1, -0.05) is 72.3 Å². The fourth-order valence-electron chi connectivity index (χ4n) is 2.38. The fourth-order valence-corrected chi connectivity index (χ4v) is 3.33. The van der Waals surface area contributed by atoms with E-state index in [1.165, 1.54) is 16.3 Å². The van der Waals surface area contributed by atoms with Gasteiger partial charge >= 0.3 is 0 Å². The number of carbonyl (C=O) groups is 1. The number of amides is 1. The fraction of sp³-hybridized carbons (Fsp3) is 0.100. The predicted molar refractivity (Wildman–Crippen MR) is 107 cm³/mol. The second-order valence-electron chi connectivity index (χ2n) is 5.49. The molecule has 5 heteroatoms. The van der Waals surface area contributed by atoms with Gasteiger partial charge in [-0.25, -0.2) is 5.43 Å². The molecule has 1 amide bonds. The number of nitrogens with zero attached hydrogens (tertiary/aromatic N) is 1. The molecule has 0 saturated carbocycles. The lowest BCUT2D eigenvalue weighted by molar-refractivity contribution is -0.118. The number of thioether (sulfide) groups is 1. The van der Waals surface area contributed by atoms with E-state index < -0.39 is 0 Å². The molecular weight excluding hydrogens is 352 g/mol. The number of benzene rings is 3. The van der Waals surface area contributed by atoms with E-state index in [9.17, 15) is 4.79 Å². The first-order valence-electron chi connectivity index (χ1n) is 7.84. The maximum atomic E-state index is 11.8. The van der Waals surface area contributed by atoms with Gasteiger partial charge in [-0.3, -0.25) is 4.79 Å². The maximum Gasteiger partial charge on any atom is 0.250 e. The molecule has 0 aliphatic heterocycles. The summed E-state index contributed by atoms with van der Waals surface area (Å²) in [5.41, 5.74) is 4.50. The first-order valence-corrected chi connectivity index (χ1v) is 9.37. The maximum absolute atomic E-state index is 11.8. The van der Waals surface area contributed by atoms with Crippen LogP contribution < -0.4 is 5.43 Å². The van der Waals surface area contributed by atoms with Crippen molar-refractivity contribution in [2.24, 2.45) is 5.10 Å². The number of hydrazone groups is 1. The van der Waals surface area contributed by atoms with Crippen LogP contribution in [-0.2, 0) is 10.5 Å². The third kappa shape index (κ3) is 5.08. The molecule has 0 atom stereocenters. The van der Waals surface area contributed by atoms with E-state index in [0.717, 1.165) is 11.3 Å². The number of nitrogens with one attached hydrogen (secondary N) is 1. The Balaban J connectivity index is 1.46. The highest BCUT2D eigenvalue weighted by Crippen LogP contribution is 2.19. The minimum absolute atomic E-state index is 0.130. The largest absolute Gasteiger partial charge is 0.272 e. The Morgan fingerprint density at radius 2 is 1.80 bits per heavy atom. The lowest BCUT2D eigenvalue weighted by Gasteiger charge is -2.04. The van der Waals surface area contributed by atoms with Crippen molar-refractivity contribution in [3.63, 3.8) is 0 Å². The van der Waals surface area contributed by atoms with Gasteiger partial charge in [0.15, 0.2) is 0 Å². The van der Waals surface area contributed by atoms with Crippen LogP contribution in [-0.4, -0.2) is 17.9 Å². The second-order valence-corrected chi connectivity index (χ2v) is 6.88. The van der Waals surface area contributed by atoms with Crippen LogP contribution in [0.3, 0.4) is 0 Å². The van der Waals surface area contributed by atoms with Gasteiger partial charge in [-0.05, 0) is 22.4 Å². The van der Waals surface area contributed by atoms with Crippen molar-refractivity contribution in [1.82, 2.24) is 5.43 Å². The van der Waals surface area contributed by atoms with Gasteiger partial charge in [0.1, 0.15) is 0 Å². The Hall–Kier alpha value is -2.30. The van der Waals surface area contributed by atoms with E-state index in [-0.39, 0.29) is 5.91 Å². The van der Waals surface area contributed by atoms with Crippen molar-refractivity contribution in [1.29, 1.82) is 0 Å². The Bertz CT molecular complexity index is 911. The summed E-state index contributed by atoms with van der Waals surface area (Å²) in [7, 11) is 0. The molecule has 0 unspecified atom stereocenters. The lowest BCUT2D eigenvalue weighted by Crippen LogP contribution is -2.19. The molecule has 0 aliphatic carbocycles. The molecule has 0 bridgehead atoms. The molecule has 25 heavy (non-hydrogen) atoms. The van der Waals surface area contributed by atoms with Crippen LogP contribution in [0.5, 0.6) is 0 Å². The molecule has 3 aromatic rings. The first-order chi connectivity index (χ1) is 12.2. The molecule has 126 valence electrons. The van der Waals surface area contributed by atoms with Crippen LogP contribution in [0.1, 0.15) is 11.1 Å². The van der Waals surface area contributed by atoms with Gasteiger partial charge in [0.05, 0.1) is 12.0 Å². The van der Waals surface area contributed by atoms with Crippen LogP contribution in [0.15, 0.2) is 71.8 Å². The number of halogens is 1. The summed E-state index contributed by atoms with van der Waals surface area (Å²) in [5, 5.41) is 6.99. The van der Waals surface area contributed by atoms with Crippen molar-refractivity contribution in [3.8, 4) is 0 Å². The average Bonchev–Trinajstić information content (AvgIpc) is 2.63. The van der Waals surface area contributed by atoms with Crippen LogP contribution in [0.2, 0.25) is 5.02 Å². The van der Waals surface area contributed by atoms with E-state index in [1.54, 1.807) is 24.0 Å². The van der Waals surface area contributed by atoms with Gasteiger partial charge in [0.2, 0.25) is 5.91 Å². The van der Waals surface area contributed by atoms with Crippen molar-refractivity contribution >= 4 is 46.3 Å². The molecule has 0 aromatic heterocycles. The molecule has 3 nitrogen and oxygen atoms in total. The smallest absolute Gasteiger partial charge is 0.250 e. The molecule has 0 heterocycles. The lowest BCUT2D eigenvalue weighted by atomic mass is 10.1. The van der Waals surface area contributed by atoms with Crippen LogP contribution in [0, 0.1) is 0 Å². The minimum Gasteiger partial charge on any atom is -0.272 e. The molecule has 3 aromatic carbocycles. The van der Waals surface area contributed by atoms with Gasteiger partial charge in [0, 0.05) is 16.3 Å². The van der Waals surface area contributed by atoms with Gasteiger partial charge in [0.25, 0.3) is 0 Å². The number of fused-ring (bicyclic) bond motifs is 1. The zero-order chi connectivity index (χ0) is 17.5. The van der Waals surface area contributed by atoms with E-state index in [4.69, 9.17) is 11.6 Å². The number of hydrogen-bond donors (Lipinski definition) is 1. The molecule has 0 saturated heterocycles. The van der Waals surface area contributed by atoms with Crippen molar-refractivity contribution in [2.45, 2.75) is 5.75 Å². The normalized spacial score (nSPS) is 11.1. The summed E-state index contributed by atoms with van der Waals surface area (Å²) in [4.78, 5) is 11.8. The molecular formula is C20H17ClN2OS. The van der Waals surface area contributed by atoms with Crippen LogP contribution >= 0.6 is 23.4 Å². The SMILES string of the molecule is O=C(CSCc1ccc2ccccc2c1)N/N=C\c1ccccc1Cl. The molecule has 0 radical (unpaired) electrons. The molecule has 3 rings (SSSR count). The summed E-state index contributed by atoms with van der Waals surface area (Å²) >= 11 is 7.58. The number of carbonyl (C=O) groups excluding carboxylic acids is 1. The van der Waals surface area contributed by atoms with E-state index in [1.807, 2.05) is 30.3 Å². The first kappa shape index (κ1) is 17.5.